The summed E-state index contributed by atoms with van der Waals surface area (Å²) in [5, 5.41) is 52.5. The van der Waals surface area contributed by atoms with Gasteiger partial charge in [0.25, 0.3) is 5.91 Å². The largest absolute Gasteiger partial charge is 0.481 e. The summed E-state index contributed by atoms with van der Waals surface area (Å²) >= 11 is 3.23. The minimum absolute atomic E-state index is 0.0175. The number of carboxylic acid groups (broad SMARTS) is 1. The summed E-state index contributed by atoms with van der Waals surface area (Å²) in [4.78, 5) is 114. The van der Waals surface area contributed by atoms with Crippen molar-refractivity contribution in [1.29, 1.82) is 0 Å². The second kappa shape index (κ2) is 20.6. The first kappa shape index (κ1) is 53.4. The van der Waals surface area contributed by atoms with Gasteiger partial charge in [0, 0.05) is 55.4 Å². The SMILES string of the molecule is CC(=O)O[C@H]1C(=O)[C@@]2(C)[C@H]([C@H](OC(=O)c3ccccc3)[C@]3(O)C[C@H](OC(=O)[C@H](O)[C@@H](NC(=O)[C@@H](CCC(=O)O)NC(=O)c4cncc(Br)c4)c4ccccc4)C(C)=C1C3(C)C)[C@]1(OC(C)=O)CO[C@@H]1C[C@@H]2O. The highest BCUT2D eigenvalue weighted by atomic mass is 79.9. The molecule has 1 aliphatic heterocycles. The number of pyridine rings is 1. The van der Waals surface area contributed by atoms with Crippen molar-refractivity contribution in [2.24, 2.45) is 16.7 Å². The van der Waals surface area contributed by atoms with E-state index in [0.29, 0.717) is 4.47 Å². The molecule has 0 spiro atoms. The van der Waals surface area contributed by atoms with E-state index < -0.39 is 143 Å². The zero-order valence-electron chi connectivity index (χ0n) is 40.2. The molecule has 2 heterocycles. The number of nitrogens with zero attached hydrogens (tertiary/aromatic N) is 1. The number of aliphatic hydroxyl groups is 3. The first-order valence-corrected chi connectivity index (χ1v) is 23.9. The maximum Gasteiger partial charge on any atom is 0.338 e. The maximum absolute atomic E-state index is 15.6. The van der Waals surface area contributed by atoms with Crippen LogP contribution in [0.5, 0.6) is 0 Å². The van der Waals surface area contributed by atoms with Crippen LogP contribution in [-0.4, -0.2) is 133 Å². The van der Waals surface area contributed by atoms with E-state index in [9.17, 15) is 54.0 Å². The third-order valence-electron chi connectivity index (χ3n) is 14.7. The number of amides is 2. The van der Waals surface area contributed by atoms with Gasteiger partial charge in [0.1, 0.15) is 30.0 Å². The highest BCUT2D eigenvalue weighted by Crippen LogP contribution is 2.64. The van der Waals surface area contributed by atoms with Gasteiger partial charge in [0.15, 0.2) is 23.6 Å². The van der Waals surface area contributed by atoms with E-state index >= 15 is 4.79 Å². The number of hydrogen-bond donors (Lipinski definition) is 6. The number of aromatic nitrogens is 1. The number of hydrogen-bond acceptors (Lipinski definition) is 17. The van der Waals surface area contributed by atoms with Crippen molar-refractivity contribution in [3.05, 3.63) is 111 Å². The third kappa shape index (κ3) is 9.79. The van der Waals surface area contributed by atoms with Gasteiger partial charge in [-0.2, -0.15) is 0 Å². The number of nitrogens with one attached hydrogen (secondary N) is 2. The van der Waals surface area contributed by atoms with Gasteiger partial charge in [-0.1, -0.05) is 62.4 Å². The second-order valence-corrected chi connectivity index (χ2v) is 20.3. The van der Waals surface area contributed by atoms with Gasteiger partial charge >= 0.3 is 29.8 Å². The number of carboxylic acids is 1. The fourth-order valence-electron chi connectivity index (χ4n) is 10.9. The molecule has 0 unspecified atom stereocenters. The van der Waals surface area contributed by atoms with Crippen LogP contribution in [0.2, 0.25) is 0 Å². The lowest BCUT2D eigenvalue weighted by Gasteiger charge is -2.67. The number of fused-ring (bicyclic) bond motifs is 5. The number of ketones is 1. The fraction of sp³-hybridized carbons (Fsp3) is 0.471. The molecular weight excluding hydrogens is 1010 g/mol. The van der Waals surface area contributed by atoms with Crippen molar-refractivity contribution < 1.29 is 82.5 Å². The summed E-state index contributed by atoms with van der Waals surface area (Å²) in [5.74, 6) is -9.78. The minimum atomic E-state index is -2.50. The number of aliphatic carboxylic acids is 1. The van der Waals surface area contributed by atoms with Crippen molar-refractivity contribution in [3.63, 3.8) is 0 Å². The Morgan fingerprint density at radius 2 is 1.56 bits per heavy atom. The number of benzene rings is 2. The van der Waals surface area contributed by atoms with Crippen LogP contribution in [0.15, 0.2) is 94.7 Å². The van der Waals surface area contributed by atoms with Crippen LogP contribution in [0.1, 0.15) is 99.5 Å². The van der Waals surface area contributed by atoms with Crippen molar-refractivity contribution in [2.75, 3.05) is 6.61 Å². The Labute approximate surface area is 421 Å². The number of carbonyl (C=O) groups is 8. The molecule has 2 amide bonds. The Bertz CT molecular complexity index is 2680. The number of carbonyl (C=O) groups excluding carboxylic acids is 7. The predicted octanol–water partition coefficient (Wildman–Crippen LogP) is 3.24. The van der Waals surface area contributed by atoms with Gasteiger partial charge in [0.05, 0.1) is 41.2 Å². The molecule has 12 atom stereocenters. The van der Waals surface area contributed by atoms with Gasteiger partial charge in [0.2, 0.25) is 5.91 Å². The summed E-state index contributed by atoms with van der Waals surface area (Å²) in [7, 11) is 0. The van der Waals surface area contributed by atoms with Crippen molar-refractivity contribution in [1.82, 2.24) is 15.6 Å². The topological polar surface area (TPSA) is 301 Å². The number of halogens is 1. The predicted molar refractivity (Wildman–Crippen MR) is 252 cm³/mol. The highest BCUT2D eigenvalue weighted by molar-refractivity contribution is 9.10. The Morgan fingerprint density at radius 1 is 0.903 bits per heavy atom. The average molecular weight is 1060 g/mol. The number of esters is 4. The molecule has 1 aromatic heterocycles. The highest BCUT2D eigenvalue weighted by Gasteiger charge is 2.78. The zero-order valence-corrected chi connectivity index (χ0v) is 41.7. The molecule has 2 saturated carbocycles. The van der Waals surface area contributed by atoms with Crippen LogP contribution in [0.4, 0.5) is 0 Å². The Morgan fingerprint density at radius 3 is 2.14 bits per heavy atom. The molecule has 6 N–H and O–H groups in total. The average Bonchev–Trinajstić information content (AvgIpc) is 3.32. The van der Waals surface area contributed by atoms with Crippen molar-refractivity contribution in [3.8, 4) is 0 Å². The molecule has 4 aliphatic rings. The van der Waals surface area contributed by atoms with Crippen LogP contribution >= 0.6 is 15.9 Å². The number of aliphatic hydroxyl groups excluding tert-OH is 2. The zero-order chi connectivity index (χ0) is 52.7. The van der Waals surface area contributed by atoms with E-state index in [1.165, 1.54) is 70.4 Å². The number of Topliss-reactive ketones (excluding diaryl/α,β-unsaturated/α-hetero) is 1. The summed E-state index contributed by atoms with van der Waals surface area (Å²) < 4.78 is 30.7. The Kier molecular flexibility index (Phi) is 15.3. The van der Waals surface area contributed by atoms with Crippen molar-refractivity contribution >= 4 is 63.4 Å². The normalized spacial score (nSPS) is 29.4. The molecule has 0 radical (unpaired) electrons. The van der Waals surface area contributed by atoms with E-state index in [0.717, 1.165) is 13.8 Å². The first-order chi connectivity index (χ1) is 33.9. The molecule has 3 aliphatic carbocycles. The van der Waals surface area contributed by atoms with Crippen LogP contribution in [0, 0.1) is 16.7 Å². The standard InChI is InChI=1S/C51H56BrN3O17/c1-25-33(70-47(66)39(61)38(28-13-9-7-10-14-28)55-45(64)32(17-18-36(59)60)54-44(63)30-19-31(52)23-53-22-30)21-51(67)43(71-46(65)29-15-11-8-12-16-29)41-49(6,34(58)20-35-50(41,24-68-35)72-27(3)57)42(62)40(69-26(2)56)37(25)48(51,4)5/h7-16,19,22-23,32-35,38-41,43,58,61,67H,17-18,20-21,24H2,1-6H3,(H,54,63)(H,55,64)(H,59,60)/t32-,33+,34+,35-,38+,39-,40-,41+,43+,49-,50+,51-/m1/s1. The van der Waals surface area contributed by atoms with E-state index in [1.807, 2.05) is 0 Å². The smallest absolute Gasteiger partial charge is 0.338 e. The summed E-state index contributed by atoms with van der Waals surface area (Å²) in [6, 6.07) is 13.6. The van der Waals surface area contributed by atoms with Gasteiger partial charge in [-0.3, -0.25) is 33.8 Å². The lowest BCUT2D eigenvalue weighted by atomic mass is 9.44. The summed E-state index contributed by atoms with van der Waals surface area (Å²) in [6.45, 7) is 7.63. The van der Waals surface area contributed by atoms with Gasteiger partial charge < -0.3 is 54.7 Å². The van der Waals surface area contributed by atoms with Crippen molar-refractivity contribution in [2.45, 2.75) is 127 Å². The second-order valence-electron chi connectivity index (χ2n) is 19.4. The van der Waals surface area contributed by atoms with Gasteiger partial charge in [-0.05, 0) is 71.1 Å². The van der Waals surface area contributed by atoms with Gasteiger partial charge in [-0.25, -0.2) is 9.59 Å². The molecule has 384 valence electrons. The Balaban J connectivity index is 1.32. The summed E-state index contributed by atoms with van der Waals surface area (Å²) in [5.41, 5.74) is -8.02. The van der Waals surface area contributed by atoms with Crippen LogP contribution < -0.4 is 10.6 Å². The molecule has 2 bridgehead atoms. The molecular formula is C51H56BrN3O17. The van der Waals surface area contributed by atoms with E-state index in [2.05, 4.69) is 31.5 Å². The number of rotatable bonds is 15. The minimum Gasteiger partial charge on any atom is -0.481 e. The Hall–Kier alpha value is -6.39. The lowest BCUT2D eigenvalue weighted by molar-refractivity contribution is -0.346. The first-order valence-electron chi connectivity index (χ1n) is 23.1. The number of ether oxygens (including phenoxy) is 5. The van der Waals surface area contributed by atoms with Crippen LogP contribution in [0.25, 0.3) is 0 Å². The molecule has 20 nitrogen and oxygen atoms in total. The van der Waals surface area contributed by atoms with E-state index in [-0.39, 0.29) is 40.9 Å². The molecule has 7 rings (SSSR count). The summed E-state index contributed by atoms with van der Waals surface area (Å²) in [6.07, 6.45) is -9.68. The molecule has 1 saturated heterocycles. The third-order valence-corrected chi connectivity index (χ3v) is 15.1. The van der Waals surface area contributed by atoms with E-state index in [1.54, 1.807) is 36.4 Å². The molecule has 2 aromatic carbocycles. The monoisotopic (exact) mass is 1060 g/mol. The molecule has 3 aromatic rings. The lowest BCUT2D eigenvalue weighted by Crippen LogP contribution is -2.82. The van der Waals surface area contributed by atoms with Gasteiger partial charge in [-0.15, -0.1) is 0 Å². The van der Waals surface area contributed by atoms with Crippen LogP contribution in [-0.2, 0) is 52.5 Å². The van der Waals surface area contributed by atoms with Crippen LogP contribution in [0.3, 0.4) is 0 Å². The maximum atomic E-state index is 15.6. The molecule has 21 heteroatoms. The fourth-order valence-corrected chi connectivity index (χ4v) is 11.3. The van der Waals surface area contributed by atoms with E-state index in [4.69, 9.17) is 23.7 Å². The molecule has 3 fully saturated rings. The quantitative estimate of drug-likeness (QED) is 0.0723. The molecule has 72 heavy (non-hydrogen) atoms.